The van der Waals surface area contributed by atoms with E-state index in [-0.39, 0.29) is 12.3 Å². The summed E-state index contributed by atoms with van der Waals surface area (Å²) in [5.74, 6) is 0.694. The van der Waals surface area contributed by atoms with Gasteiger partial charge in [-0.05, 0) is 29.8 Å². The summed E-state index contributed by atoms with van der Waals surface area (Å²) in [7, 11) is 0. The number of nitrogens with one attached hydrogen (secondary N) is 1. The largest absolute Gasteiger partial charge is 0.339 e. The minimum atomic E-state index is -0.175. The molecule has 0 saturated heterocycles. The van der Waals surface area contributed by atoms with Crippen molar-refractivity contribution in [3.63, 3.8) is 0 Å². The molecule has 0 saturated carbocycles. The quantitative estimate of drug-likeness (QED) is 0.743. The maximum atomic E-state index is 12.0. The van der Waals surface area contributed by atoms with Crippen molar-refractivity contribution in [2.45, 2.75) is 12.8 Å². The van der Waals surface area contributed by atoms with Crippen LogP contribution < -0.4 is 5.32 Å². The number of nitrogens with zero attached hydrogens (tertiary/aromatic N) is 2. The van der Waals surface area contributed by atoms with Gasteiger partial charge in [0, 0.05) is 10.2 Å². The molecule has 23 heavy (non-hydrogen) atoms. The summed E-state index contributed by atoms with van der Waals surface area (Å²) in [5.41, 5.74) is 1.80. The van der Waals surface area contributed by atoms with Gasteiger partial charge in [-0.2, -0.15) is 4.98 Å². The standard InChI is InChI=1S/C17H14BrN3O2/c18-13-6-4-5-12(9-13)10-17-20-15(21-23-17)11-16(22)19-14-7-2-1-3-8-14/h1-9H,10-11H2,(H,19,22). The molecule has 0 bridgehead atoms. The summed E-state index contributed by atoms with van der Waals surface area (Å²) >= 11 is 3.43. The second-order valence-electron chi connectivity index (χ2n) is 5.00. The average Bonchev–Trinajstić information content (AvgIpc) is 2.95. The predicted octanol–water partition coefficient (Wildman–Crippen LogP) is 3.60. The van der Waals surface area contributed by atoms with Crippen molar-refractivity contribution in [3.8, 4) is 0 Å². The third-order valence-electron chi connectivity index (χ3n) is 3.13. The van der Waals surface area contributed by atoms with Crippen LogP contribution >= 0.6 is 15.9 Å². The van der Waals surface area contributed by atoms with Crippen LogP contribution in [0.4, 0.5) is 5.69 Å². The third kappa shape index (κ3) is 4.50. The van der Waals surface area contributed by atoms with Crippen LogP contribution in [-0.4, -0.2) is 16.0 Å². The van der Waals surface area contributed by atoms with Crippen LogP contribution in [0.2, 0.25) is 0 Å². The number of anilines is 1. The highest BCUT2D eigenvalue weighted by atomic mass is 79.9. The minimum Gasteiger partial charge on any atom is -0.339 e. The number of carbonyl (C=O) groups excluding carboxylic acids is 1. The fourth-order valence-corrected chi connectivity index (χ4v) is 2.57. The molecule has 0 atom stereocenters. The number of aromatic nitrogens is 2. The molecule has 6 heteroatoms. The molecular formula is C17H14BrN3O2. The van der Waals surface area contributed by atoms with E-state index in [1.807, 2.05) is 54.6 Å². The van der Waals surface area contributed by atoms with Gasteiger partial charge in [-0.1, -0.05) is 51.4 Å². The first-order valence-corrected chi connectivity index (χ1v) is 7.89. The van der Waals surface area contributed by atoms with Gasteiger partial charge in [0.25, 0.3) is 0 Å². The van der Waals surface area contributed by atoms with E-state index in [1.165, 1.54) is 0 Å². The number of rotatable bonds is 5. The third-order valence-corrected chi connectivity index (χ3v) is 3.62. The second kappa shape index (κ2) is 7.19. The van der Waals surface area contributed by atoms with E-state index in [0.717, 1.165) is 15.7 Å². The SMILES string of the molecule is O=C(Cc1noc(Cc2cccc(Br)c2)n1)Nc1ccccc1. The molecule has 1 amide bonds. The Morgan fingerprint density at radius 3 is 2.74 bits per heavy atom. The Morgan fingerprint density at radius 1 is 1.13 bits per heavy atom. The Balaban J connectivity index is 1.60. The van der Waals surface area contributed by atoms with Crippen molar-refractivity contribution in [2.75, 3.05) is 5.32 Å². The fraction of sp³-hybridized carbons (Fsp3) is 0.118. The Labute approximate surface area is 141 Å². The zero-order valence-electron chi connectivity index (χ0n) is 12.2. The molecule has 3 aromatic rings. The maximum Gasteiger partial charge on any atom is 0.232 e. The zero-order valence-corrected chi connectivity index (χ0v) is 13.8. The summed E-state index contributed by atoms with van der Waals surface area (Å²) in [6.45, 7) is 0. The lowest BCUT2D eigenvalue weighted by Gasteiger charge is -2.02. The molecular weight excluding hydrogens is 358 g/mol. The van der Waals surface area contributed by atoms with Crippen LogP contribution in [0.1, 0.15) is 17.3 Å². The lowest BCUT2D eigenvalue weighted by atomic mass is 10.1. The molecule has 1 heterocycles. The monoisotopic (exact) mass is 371 g/mol. The topological polar surface area (TPSA) is 68.0 Å². The number of para-hydroxylation sites is 1. The van der Waals surface area contributed by atoms with Crippen molar-refractivity contribution < 1.29 is 9.32 Å². The molecule has 0 spiro atoms. The number of benzene rings is 2. The number of carbonyl (C=O) groups is 1. The summed E-state index contributed by atoms with van der Waals surface area (Å²) in [5, 5.41) is 6.65. The van der Waals surface area contributed by atoms with Crippen LogP contribution in [0.5, 0.6) is 0 Å². The molecule has 2 aromatic carbocycles. The van der Waals surface area contributed by atoms with Gasteiger partial charge in [0.2, 0.25) is 11.8 Å². The highest BCUT2D eigenvalue weighted by molar-refractivity contribution is 9.10. The molecule has 5 nitrogen and oxygen atoms in total. The van der Waals surface area contributed by atoms with Gasteiger partial charge in [-0.15, -0.1) is 0 Å². The van der Waals surface area contributed by atoms with Gasteiger partial charge in [0.05, 0.1) is 12.8 Å². The van der Waals surface area contributed by atoms with Gasteiger partial charge >= 0.3 is 0 Å². The Hall–Kier alpha value is -2.47. The first-order valence-electron chi connectivity index (χ1n) is 7.10. The first-order chi connectivity index (χ1) is 11.2. The van der Waals surface area contributed by atoms with E-state index < -0.39 is 0 Å². The highest BCUT2D eigenvalue weighted by Crippen LogP contribution is 2.14. The summed E-state index contributed by atoms with van der Waals surface area (Å²) in [6.07, 6.45) is 0.615. The highest BCUT2D eigenvalue weighted by Gasteiger charge is 2.11. The van der Waals surface area contributed by atoms with Crippen LogP contribution in [-0.2, 0) is 17.6 Å². The van der Waals surface area contributed by atoms with Crippen molar-refractivity contribution in [1.82, 2.24) is 10.1 Å². The molecule has 1 N–H and O–H groups in total. The van der Waals surface area contributed by atoms with E-state index in [0.29, 0.717) is 18.1 Å². The van der Waals surface area contributed by atoms with Crippen LogP contribution in [0, 0.1) is 0 Å². The molecule has 0 aliphatic carbocycles. The van der Waals surface area contributed by atoms with Gasteiger partial charge < -0.3 is 9.84 Å². The van der Waals surface area contributed by atoms with E-state index >= 15 is 0 Å². The zero-order chi connectivity index (χ0) is 16.1. The van der Waals surface area contributed by atoms with Crippen LogP contribution in [0.15, 0.2) is 63.6 Å². The van der Waals surface area contributed by atoms with Gasteiger partial charge in [0.1, 0.15) is 0 Å². The fourth-order valence-electron chi connectivity index (χ4n) is 2.13. The van der Waals surface area contributed by atoms with Gasteiger partial charge in [-0.25, -0.2) is 0 Å². The van der Waals surface area contributed by atoms with Crippen molar-refractivity contribution in [2.24, 2.45) is 0 Å². The Morgan fingerprint density at radius 2 is 1.96 bits per heavy atom. The predicted molar refractivity (Wildman–Crippen MR) is 90.0 cm³/mol. The van der Waals surface area contributed by atoms with Crippen LogP contribution in [0.3, 0.4) is 0 Å². The Kier molecular flexibility index (Phi) is 4.83. The van der Waals surface area contributed by atoms with E-state index in [4.69, 9.17) is 4.52 Å². The molecule has 0 unspecified atom stereocenters. The number of halogens is 1. The van der Waals surface area contributed by atoms with Crippen molar-refractivity contribution in [3.05, 3.63) is 76.3 Å². The first kappa shape index (κ1) is 15.4. The van der Waals surface area contributed by atoms with E-state index in [9.17, 15) is 4.79 Å². The van der Waals surface area contributed by atoms with Crippen LogP contribution in [0.25, 0.3) is 0 Å². The molecule has 0 aliphatic rings. The normalized spacial score (nSPS) is 10.5. The number of hydrogen-bond donors (Lipinski definition) is 1. The van der Waals surface area contributed by atoms with Crippen molar-refractivity contribution in [1.29, 1.82) is 0 Å². The summed E-state index contributed by atoms with van der Waals surface area (Å²) in [4.78, 5) is 16.2. The summed E-state index contributed by atoms with van der Waals surface area (Å²) in [6, 6.07) is 17.1. The minimum absolute atomic E-state index is 0.0802. The molecule has 3 rings (SSSR count). The van der Waals surface area contributed by atoms with Crippen molar-refractivity contribution >= 4 is 27.5 Å². The molecule has 0 radical (unpaired) electrons. The molecule has 0 aliphatic heterocycles. The summed E-state index contributed by atoms with van der Waals surface area (Å²) < 4.78 is 6.20. The molecule has 0 fully saturated rings. The molecule has 1 aromatic heterocycles. The number of amides is 1. The van der Waals surface area contributed by atoms with Gasteiger partial charge in [-0.3, -0.25) is 4.79 Å². The maximum absolute atomic E-state index is 12.0. The van der Waals surface area contributed by atoms with E-state index in [1.54, 1.807) is 0 Å². The molecule has 116 valence electrons. The van der Waals surface area contributed by atoms with Gasteiger partial charge in [0.15, 0.2) is 5.82 Å². The smallest absolute Gasteiger partial charge is 0.232 e. The lowest BCUT2D eigenvalue weighted by Crippen LogP contribution is -2.15. The van der Waals surface area contributed by atoms with E-state index in [2.05, 4.69) is 31.4 Å². The lowest BCUT2D eigenvalue weighted by molar-refractivity contribution is -0.115. The second-order valence-corrected chi connectivity index (χ2v) is 5.92. The number of hydrogen-bond acceptors (Lipinski definition) is 4. The average molecular weight is 372 g/mol. The Bertz CT molecular complexity index is 802.